The van der Waals surface area contributed by atoms with E-state index in [9.17, 15) is 0 Å². The molecule has 18 heavy (non-hydrogen) atoms. The standard InChI is InChI=1S/C14H15N3O/c1-2-17-12(7-8-16-17)14(15)11-9-18-13-6-4-3-5-10(11)13/h3-9,14H,2,15H2,1H3. The summed E-state index contributed by atoms with van der Waals surface area (Å²) in [6.07, 6.45) is 3.52. The molecule has 1 unspecified atom stereocenters. The summed E-state index contributed by atoms with van der Waals surface area (Å²) in [6, 6.07) is 9.66. The lowest BCUT2D eigenvalue weighted by molar-refractivity contribution is 0.585. The number of furan rings is 1. The van der Waals surface area contributed by atoms with Crippen LogP contribution in [0.3, 0.4) is 0 Å². The Kier molecular flexibility index (Phi) is 2.64. The van der Waals surface area contributed by atoms with Gasteiger partial charge in [-0.3, -0.25) is 4.68 Å². The number of nitrogens with zero attached hydrogens (tertiary/aromatic N) is 2. The van der Waals surface area contributed by atoms with Crippen LogP contribution in [0.25, 0.3) is 11.0 Å². The monoisotopic (exact) mass is 241 g/mol. The minimum absolute atomic E-state index is 0.212. The van der Waals surface area contributed by atoms with Crippen LogP contribution in [0.4, 0.5) is 0 Å². The molecule has 4 nitrogen and oxygen atoms in total. The molecule has 0 bridgehead atoms. The number of hydrogen-bond donors (Lipinski definition) is 1. The van der Waals surface area contributed by atoms with Crippen LogP contribution in [0.1, 0.15) is 24.2 Å². The maximum atomic E-state index is 6.33. The molecule has 2 heterocycles. The van der Waals surface area contributed by atoms with Crippen molar-refractivity contribution in [3.63, 3.8) is 0 Å². The van der Waals surface area contributed by atoms with Gasteiger partial charge in [0.1, 0.15) is 5.58 Å². The van der Waals surface area contributed by atoms with Gasteiger partial charge in [-0.2, -0.15) is 5.10 Å². The SMILES string of the molecule is CCn1nccc1C(N)c1coc2ccccc12. The van der Waals surface area contributed by atoms with Crippen LogP contribution in [0.2, 0.25) is 0 Å². The highest BCUT2D eigenvalue weighted by Gasteiger charge is 2.17. The highest BCUT2D eigenvalue weighted by Crippen LogP contribution is 2.28. The Hall–Kier alpha value is -2.07. The van der Waals surface area contributed by atoms with Crippen molar-refractivity contribution in [3.8, 4) is 0 Å². The predicted octanol–water partition coefficient (Wildman–Crippen LogP) is 2.70. The topological polar surface area (TPSA) is 57.0 Å². The molecule has 3 rings (SSSR count). The smallest absolute Gasteiger partial charge is 0.134 e. The second-order valence-electron chi connectivity index (χ2n) is 4.24. The molecule has 0 aliphatic heterocycles. The molecule has 0 amide bonds. The van der Waals surface area contributed by atoms with Gasteiger partial charge in [0.2, 0.25) is 0 Å². The van der Waals surface area contributed by atoms with Crippen molar-refractivity contribution in [1.29, 1.82) is 0 Å². The Morgan fingerprint density at radius 2 is 2.17 bits per heavy atom. The molecule has 0 saturated heterocycles. The summed E-state index contributed by atoms with van der Waals surface area (Å²) in [6.45, 7) is 2.86. The van der Waals surface area contributed by atoms with Crippen LogP contribution in [0.5, 0.6) is 0 Å². The highest BCUT2D eigenvalue weighted by atomic mass is 16.3. The summed E-state index contributed by atoms with van der Waals surface area (Å²) in [5, 5.41) is 5.32. The van der Waals surface area contributed by atoms with Crippen molar-refractivity contribution in [3.05, 3.63) is 54.0 Å². The Balaban J connectivity index is 2.09. The largest absolute Gasteiger partial charge is 0.464 e. The normalized spacial score (nSPS) is 13.0. The van der Waals surface area contributed by atoms with E-state index in [2.05, 4.69) is 12.0 Å². The van der Waals surface area contributed by atoms with Gasteiger partial charge in [-0.15, -0.1) is 0 Å². The summed E-state index contributed by atoms with van der Waals surface area (Å²) >= 11 is 0. The van der Waals surface area contributed by atoms with Gasteiger partial charge in [0.05, 0.1) is 18.0 Å². The molecule has 2 aromatic heterocycles. The molecule has 0 saturated carbocycles. The van der Waals surface area contributed by atoms with E-state index in [-0.39, 0.29) is 6.04 Å². The van der Waals surface area contributed by atoms with Crippen molar-refractivity contribution in [2.75, 3.05) is 0 Å². The summed E-state index contributed by atoms with van der Waals surface area (Å²) in [5.41, 5.74) is 9.20. The first-order valence-electron chi connectivity index (χ1n) is 6.04. The van der Waals surface area contributed by atoms with Gasteiger partial charge in [0, 0.05) is 23.7 Å². The average Bonchev–Trinajstić information content (AvgIpc) is 3.04. The van der Waals surface area contributed by atoms with Crippen LogP contribution in [0.15, 0.2) is 47.2 Å². The van der Waals surface area contributed by atoms with E-state index in [1.165, 1.54) is 0 Å². The van der Waals surface area contributed by atoms with E-state index in [1.807, 2.05) is 35.0 Å². The molecule has 0 aliphatic carbocycles. The second-order valence-corrected chi connectivity index (χ2v) is 4.24. The number of fused-ring (bicyclic) bond motifs is 1. The molecule has 4 heteroatoms. The number of rotatable bonds is 3. The van der Waals surface area contributed by atoms with Gasteiger partial charge in [-0.1, -0.05) is 18.2 Å². The van der Waals surface area contributed by atoms with Crippen molar-refractivity contribution in [2.45, 2.75) is 19.5 Å². The highest BCUT2D eigenvalue weighted by molar-refractivity contribution is 5.81. The summed E-state index contributed by atoms with van der Waals surface area (Å²) in [7, 11) is 0. The van der Waals surface area contributed by atoms with E-state index in [0.717, 1.165) is 28.8 Å². The quantitative estimate of drug-likeness (QED) is 0.767. The zero-order valence-electron chi connectivity index (χ0n) is 10.2. The number of para-hydroxylation sites is 1. The molecule has 1 atom stereocenters. The number of nitrogens with two attached hydrogens (primary N) is 1. The number of hydrogen-bond acceptors (Lipinski definition) is 3. The molecular weight excluding hydrogens is 226 g/mol. The van der Waals surface area contributed by atoms with E-state index in [0.29, 0.717) is 0 Å². The molecular formula is C14H15N3O. The lowest BCUT2D eigenvalue weighted by Gasteiger charge is -2.12. The second kappa shape index (κ2) is 4.31. The van der Waals surface area contributed by atoms with Crippen molar-refractivity contribution in [1.82, 2.24) is 9.78 Å². The summed E-state index contributed by atoms with van der Waals surface area (Å²) in [4.78, 5) is 0. The first-order chi connectivity index (χ1) is 8.81. The minimum Gasteiger partial charge on any atom is -0.464 e. The van der Waals surface area contributed by atoms with E-state index in [1.54, 1.807) is 12.5 Å². The number of aromatic nitrogens is 2. The maximum Gasteiger partial charge on any atom is 0.134 e. The molecule has 2 N–H and O–H groups in total. The van der Waals surface area contributed by atoms with Crippen LogP contribution in [-0.2, 0) is 6.54 Å². The Bertz CT molecular complexity index is 668. The Morgan fingerprint density at radius 3 is 3.00 bits per heavy atom. The molecule has 0 aliphatic rings. The van der Waals surface area contributed by atoms with Crippen LogP contribution in [0, 0.1) is 0 Å². The van der Waals surface area contributed by atoms with Gasteiger partial charge in [0.15, 0.2) is 0 Å². The van der Waals surface area contributed by atoms with Gasteiger partial charge in [-0.05, 0) is 19.1 Å². The fourth-order valence-corrected chi connectivity index (χ4v) is 2.27. The zero-order valence-corrected chi connectivity index (χ0v) is 10.2. The van der Waals surface area contributed by atoms with Crippen molar-refractivity contribution >= 4 is 11.0 Å². The molecule has 1 aromatic carbocycles. The van der Waals surface area contributed by atoms with E-state index >= 15 is 0 Å². The lowest BCUT2D eigenvalue weighted by Crippen LogP contribution is -2.16. The number of aryl methyl sites for hydroxylation is 1. The molecule has 3 aromatic rings. The van der Waals surface area contributed by atoms with Crippen LogP contribution >= 0.6 is 0 Å². The molecule has 0 radical (unpaired) electrons. The van der Waals surface area contributed by atoms with Crippen LogP contribution < -0.4 is 5.73 Å². The first-order valence-corrected chi connectivity index (χ1v) is 6.04. The lowest BCUT2D eigenvalue weighted by atomic mass is 10.0. The minimum atomic E-state index is -0.212. The predicted molar refractivity (Wildman–Crippen MR) is 70.1 cm³/mol. The van der Waals surface area contributed by atoms with Crippen molar-refractivity contribution in [2.24, 2.45) is 5.73 Å². The van der Waals surface area contributed by atoms with Crippen LogP contribution in [-0.4, -0.2) is 9.78 Å². The van der Waals surface area contributed by atoms with Gasteiger partial charge >= 0.3 is 0 Å². The first kappa shape index (κ1) is 11.0. The van der Waals surface area contributed by atoms with Gasteiger partial charge in [0.25, 0.3) is 0 Å². The average molecular weight is 241 g/mol. The third-order valence-electron chi connectivity index (χ3n) is 3.21. The van der Waals surface area contributed by atoms with Gasteiger partial charge < -0.3 is 10.2 Å². The third-order valence-corrected chi connectivity index (χ3v) is 3.21. The Morgan fingerprint density at radius 1 is 1.33 bits per heavy atom. The molecule has 0 fully saturated rings. The summed E-state index contributed by atoms with van der Waals surface area (Å²) < 4.78 is 7.44. The van der Waals surface area contributed by atoms with Gasteiger partial charge in [-0.25, -0.2) is 0 Å². The Labute approximate surface area is 105 Å². The number of benzene rings is 1. The maximum absolute atomic E-state index is 6.33. The van der Waals surface area contributed by atoms with Crippen molar-refractivity contribution < 1.29 is 4.42 Å². The molecule has 0 spiro atoms. The summed E-state index contributed by atoms with van der Waals surface area (Å²) in [5.74, 6) is 0. The zero-order chi connectivity index (χ0) is 12.5. The van der Waals surface area contributed by atoms with E-state index < -0.39 is 0 Å². The molecule has 92 valence electrons. The van der Waals surface area contributed by atoms with E-state index in [4.69, 9.17) is 10.2 Å². The fraction of sp³-hybridized carbons (Fsp3) is 0.214. The fourth-order valence-electron chi connectivity index (χ4n) is 2.27. The third kappa shape index (κ3) is 1.62.